The minimum absolute atomic E-state index is 0.00831. The summed E-state index contributed by atoms with van der Waals surface area (Å²) in [5, 5.41) is 2.53. The normalized spacial score (nSPS) is 21.6. The molecular formula is C21H28FN3O3. The van der Waals surface area contributed by atoms with Crippen molar-refractivity contribution in [3.63, 3.8) is 0 Å². The van der Waals surface area contributed by atoms with Gasteiger partial charge in [0, 0.05) is 39.0 Å². The SMILES string of the molecule is CCCN1CCC2(CCN(C(=O)CCC(=O)Nc3cc(C)ccc3F)C2)C1=O. The molecule has 1 unspecified atom stereocenters. The molecule has 0 aliphatic carbocycles. The second-order valence-electron chi connectivity index (χ2n) is 7.92. The van der Waals surface area contributed by atoms with Crippen LogP contribution in [0, 0.1) is 18.2 Å². The Kier molecular flexibility index (Phi) is 6.01. The van der Waals surface area contributed by atoms with Crippen LogP contribution in [0.5, 0.6) is 0 Å². The summed E-state index contributed by atoms with van der Waals surface area (Å²) in [6.45, 7) is 6.39. The molecule has 1 spiro atoms. The number of hydrogen-bond acceptors (Lipinski definition) is 3. The molecule has 1 aromatic carbocycles. The van der Waals surface area contributed by atoms with Gasteiger partial charge in [0.1, 0.15) is 5.82 Å². The summed E-state index contributed by atoms with van der Waals surface area (Å²) in [5.74, 6) is -0.850. The number of anilines is 1. The highest BCUT2D eigenvalue weighted by Crippen LogP contribution is 2.40. The summed E-state index contributed by atoms with van der Waals surface area (Å²) in [6, 6.07) is 4.50. The van der Waals surface area contributed by atoms with E-state index in [1.54, 1.807) is 17.0 Å². The van der Waals surface area contributed by atoms with Crippen LogP contribution in [0.4, 0.5) is 10.1 Å². The molecule has 28 heavy (non-hydrogen) atoms. The summed E-state index contributed by atoms with van der Waals surface area (Å²) < 4.78 is 13.7. The Labute approximate surface area is 165 Å². The average molecular weight is 389 g/mol. The largest absolute Gasteiger partial charge is 0.342 e. The number of likely N-dealkylation sites (tertiary alicyclic amines) is 2. The van der Waals surface area contributed by atoms with E-state index < -0.39 is 17.1 Å². The molecule has 2 aliphatic heterocycles. The molecule has 0 aromatic heterocycles. The van der Waals surface area contributed by atoms with Crippen LogP contribution in [0.15, 0.2) is 18.2 Å². The number of benzene rings is 1. The minimum Gasteiger partial charge on any atom is -0.342 e. The molecule has 0 radical (unpaired) electrons. The molecule has 3 rings (SSSR count). The average Bonchev–Trinajstić information content (AvgIpc) is 3.23. The number of carbonyl (C=O) groups excluding carboxylic acids is 3. The number of rotatable bonds is 6. The van der Waals surface area contributed by atoms with E-state index in [0.29, 0.717) is 19.5 Å². The Balaban J connectivity index is 1.50. The van der Waals surface area contributed by atoms with Crippen molar-refractivity contribution in [1.82, 2.24) is 9.80 Å². The summed E-state index contributed by atoms with van der Waals surface area (Å²) in [5.41, 5.74) is 0.538. The zero-order valence-corrected chi connectivity index (χ0v) is 16.6. The number of nitrogens with zero attached hydrogens (tertiary/aromatic N) is 2. The van der Waals surface area contributed by atoms with Gasteiger partial charge in [-0.05, 0) is 43.9 Å². The van der Waals surface area contributed by atoms with Crippen molar-refractivity contribution in [3.8, 4) is 0 Å². The molecule has 1 N–H and O–H groups in total. The van der Waals surface area contributed by atoms with E-state index in [1.807, 2.05) is 11.8 Å². The van der Waals surface area contributed by atoms with Gasteiger partial charge in [0.2, 0.25) is 17.7 Å². The highest BCUT2D eigenvalue weighted by atomic mass is 19.1. The molecule has 0 bridgehead atoms. The van der Waals surface area contributed by atoms with Gasteiger partial charge in [-0.1, -0.05) is 13.0 Å². The predicted molar refractivity (Wildman–Crippen MR) is 104 cm³/mol. The van der Waals surface area contributed by atoms with Gasteiger partial charge in [0.25, 0.3) is 0 Å². The molecule has 7 heteroatoms. The van der Waals surface area contributed by atoms with Gasteiger partial charge in [-0.15, -0.1) is 0 Å². The number of amides is 3. The van der Waals surface area contributed by atoms with Crippen molar-refractivity contribution >= 4 is 23.4 Å². The Morgan fingerprint density at radius 1 is 1.21 bits per heavy atom. The topological polar surface area (TPSA) is 69.7 Å². The summed E-state index contributed by atoms with van der Waals surface area (Å²) in [6.07, 6.45) is 2.47. The van der Waals surface area contributed by atoms with E-state index in [4.69, 9.17) is 0 Å². The van der Waals surface area contributed by atoms with E-state index in [-0.39, 0.29) is 30.3 Å². The van der Waals surface area contributed by atoms with Crippen molar-refractivity contribution in [1.29, 1.82) is 0 Å². The van der Waals surface area contributed by atoms with Crippen LogP contribution in [0.3, 0.4) is 0 Å². The molecule has 2 heterocycles. The van der Waals surface area contributed by atoms with E-state index in [0.717, 1.165) is 31.5 Å². The lowest BCUT2D eigenvalue weighted by Gasteiger charge is -2.23. The van der Waals surface area contributed by atoms with Gasteiger partial charge in [-0.2, -0.15) is 0 Å². The van der Waals surface area contributed by atoms with Crippen LogP contribution >= 0.6 is 0 Å². The van der Waals surface area contributed by atoms with Gasteiger partial charge in [-0.3, -0.25) is 14.4 Å². The third kappa shape index (κ3) is 4.18. The van der Waals surface area contributed by atoms with E-state index in [1.165, 1.54) is 6.07 Å². The van der Waals surface area contributed by atoms with Gasteiger partial charge >= 0.3 is 0 Å². The number of nitrogens with one attached hydrogen (secondary N) is 1. The predicted octanol–water partition coefficient (Wildman–Crippen LogP) is 2.71. The van der Waals surface area contributed by atoms with Crippen LogP contribution in [-0.4, -0.2) is 53.7 Å². The molecule has 2 fully saturated rings. The molecule has 3 amide bonds. The molecule has 2 saturated heterocycles. The first kappa shape index (κ1) is 20.3. The maximum Gasteiger partial charge on any atom is 0.230 e. The molecule has 1 atom stereocenters. The van der Waals surface area contributed by atoms with Crippen LogP contribution in [0.2, 0.25) is 0 Å². The van der Waals surface area contributed by atoms with E-state index in [2.05, 4.69) is 12.2 Å². The third-order valence-corrected chi connectivity index (χ3v) is 5.76. The Bertz CT molecular complexity index is 782. The van der Waals surface area contributed by atoms with Crippen molar-refractivity contribution in [3.05, 3.63) is 29.6 Å². The molecule has 1 aromatic rings. The Hall–Kier alpha value is -2.44. The Morgan fingerprint density at radius 3 is 2.71 bits per heavy atom. The Morgan fingerprint density at radius 2 is 1.96 bits per heavy atom. The summed E-state index contributed by atoms with van der Waals surface area (Å²) >= 11 is 0. The lowest BCUT2D eigenvalue weighted by molar-refractivity contribution is -0.137. The molecular weight excluding hydrogens is 361 g/mol. The van der Waals surface area contributed by atoms with Gasteiger partial charge in [0.15, 0.2) is 0 Å². The first-order chi connectivity index (χ1) is 13.3. The molecule has 6 nitrogen and oxygen atoms in total. The van der Waals surface area contributed by atoms with Gasteiger partial charge < -0.3 is 15.1 Å². The van der Waals surface area contributed by atoms with Gasteiger partial charge in [-0.25, -0.2) is 4.39 Å². The monoisotopic (exact) mass is 389 g/mol. The zero-order valence-electron chi connectivity index (χ0n) is 16.6. The maximum atomic E-state index is 13.7. The van der Waals surface area contributed by atoms with Crippen LogP contribution in [-0.2, 0) is 14.4 Å². The lowest BCUT2D eigenvalue weighted by atomic mass is 9.85. The molecule has 0 saturated carbocycles. The van der Waals surface area contributed by atoms with Crippen molar-refractivity contribution in [2.75, 3.05) is 31.5 Å². The quantitative estimate of drug-likeness (QED) is 0.813. The first-order valence-electron chi connectivity index (χ1n) is 9.98. The third-order valence-electron chi connectivity index (χ3n) is 5.76. The highest BCUT2D eigenvalue weighted by molar-refractivity contribution is 5.93. The fraction of sp³-hybridized carbons (Fsp3) is 0.571. The summed E-state index contributed by atoms with van der Waals surface area (Å²) in [4.78, 5) is 40.9. The fourth-order valence-electron chi connectivity index (χ4n) is 4.17. The second kappa shape index (κ2) is 8.29. The fourth-order valence-corrected chi connectivity index (χ4v) is 4.17. The van der Waals surface area contributed by atoms with Gasteiger partial charge in [0.05, 0.1) is 11.1 Å². The van der Waals surface area contributed by atoms with E-state index in [9.17, 15) is 18.8 Å². The molecule has 152 valence electrons. The van der Waals surface area contributed by atoms with Crippen molar-refractivity contribution in [2.45, 2.75) is 46.0 Å². The first-order valence-corrected chi connectivity index (χ1v) is 9.98. The standard InChI is InChI=1S/C21H28FN3O3/c1-3-10-24-11-8-21(20(24)28)9-12-25(14-21)19(27)7-6-18(26)23-17-13-15(2)4-5-16(17)22/h4-5,13H,3,6-12,14H2,1-2H3,(H,23,26). The highest BCUT2D eigenvalue weighted by Gasteiger charge is 2.51. The number of hydrogen-bond donors (Lipinski definition) is 1. The van der Waals surface area contributed by atoms with E-state index >= 15 is 0 Å². The zero-order chi connectivity index (χ0) is 20.3. The number of halogens is 1. The van der Waals surface area contributed by atoms with Crippen LogP contribution in [0.1, 0.15) is 44.6 Å². The lowest BCUT2D eigenvalue weighted by Crippen LogP contribution is -2.38. The van der Waals surface area contributed by atoms with Crippen LogP contribution in [0.25, 0.3) is 0 Å². The second-order valence-corrected chi connectivity index (χ2v) is 7.92. The molecule has 2 aliphatic rings. The van der Waals surface area contributed by atoms with Crippen LogP contribution < -0.4 is 5.32 Å². The number of carbonyl (C=O) groups is 3. The number of aryl methyl sites for hydroxylation is 1. The minimum atomic E-state index is -0.497. The summed E-state index contributed by atoms with van der Waals surface area (Å²) in [7, 11) is 0. The smallest absolute Gasteiger partial charge is 0.230 e. The van der Waals surface area contributed by atoms with Crippen molar-refractivity contribution in [2.24, 2.45) is 5.41 Å². The maximum absolute atomic E-state index is 13.7. The van der Waals surface area contributed by atoms with Crippen molar-refractivity contribution < 1.29 is 18.8 Å².